The van der Waals surface area contributed by atoms with Gasteiger partial charge in [0.15, 0.2) is 11.5 Å². The summed E-state index contributed by atoms with van der Waals surface area (Å²) in [7, 11) is 1.75. The number of hydrogen-bond donors (Lipinski definition) is 1. The van der Waals surface area contributed by atoms with Crippen molar-refractivity contribution in [2.75, 3.05) is 65.0 Å². The Labute approximate surface area is 224 Å². The van der Waals surface area contributed by atoms with Gasteiger partial charge in [0.1, 0.15) is 5.82 Å². The van der Waals surface area contributed by atoms with Gasteiger partial charge in [-0.2, -0.15) is 0 Å². The summed E-state index contributed by atoms with van der Waals surface area (Å²) in [5.41, 5.74) is 2.59. The smallest absolute Gasteiger partial charge is 0.323 e. The van der Waals surface area contributed by atoms with Crippen LogP contribution in [0.4, 0.5) is 10.6 Å². The number of ether oxygens (including phenoxy) is 3. The van der Waals surface area contributed by atoms with Gasteiger partial charge in [-0.25, -0.2) is 9.78 Å². The fourth-order valence-corrected chi connectivity index (χ4v) is 4.47. The van der Waals surface area contributed by atoms with Gasteiger partial charge in [-0.15, -0.1) is 0 Å². The van der Waals surface area contributed by atoms with E-state index in [-0.39, 0.29) is 11.9 Å². The molecule has 0 radical (unpaired) electrons. The van der Waals surface area contributed by atoms with Crippen molar-refractivity contribution in [3.8, 4) is 11.5 Å². The Hall–Kier alpha value is -3.63. The maximum absolute atomic E-state index is 12.9. The first-order valence-electron chi connectivity index (χ1n) is 13.1. The molecule has 0 atom stereocenters. The lowest BCUT2D eigenvalue weighted by Gasteiger charge is -2.32. The molecule has 10 heteroatoms. The zero-order chi connectivity index (χ0) is 26.9. The lowest BCUT2D eigenvalue weighted by Crippen LogP contribution is -2.45. The van der Waals surface area contributed by atoms with E-state index in [0.717, 1.165) is 49.5 Å². The highest BCUT2D eigenvalue weighted by molar-refractivity contribution is 5.93. The average molecular weight is 524 g/mol. The molecular weight excluding hydrogens is 486 g/mol. The molecule has 1 aromatic carbocycles. The van der Waals surface area contributed by atoms with Gasteiger partial charge >= 0.3 is 6.03 Å². The van der Waals surface area contributed by atoms with Crippen molar-refractivity contribution in [3.05, 3.63) is 53.2 Å². The topological polar surface area (TPSA) is 96.5 Å². The average Bonchev–Trinajstić information content (AvgIpc) is 2.93. The lowest BCUT2D eigenvalue weighted by atomic mass is 10.1. The number of morpholine rings is 1. The molecule has 4 rings (SSSR count). The number of aromatic nitrogens is 1. The monoisotopic (exact) mass is 523 g/mol. The van der Waals surface area contributed by atoms with Crippen molar-refractivity contribution < 1.29 is 23.8 Å². The van der Waals surface area contributed by atoms with E-state index in [1.807, 2.05) is 38.1 Å². The number of likely N-dealkylation sites (N-methyl/N-ethyl adjacent to an activating group) is 1. The summed E-state index contributed by atoms with van der Waals surface area (Å²) in [5.74, 6) is 1.76. The van der Waals surface area contributed by atoms with Crippen molar-refractivity contribution in [2.45, 2.75) is 26.9 Å². The third-order valence-corrected chi connectivity index (χ3v) is 6.50. The number of hydrogen-bond acceptors (Lipinski definition) is 7. The summed E-state index contributed by atoms with van der Waals surface area (Å²) in [6.45, 7) is 10.4. The highest BCUT2D eigenvalue weighted by Crippen LogP contribution is 2.32. The predicted molar refractivity (Wildman–Crippen MR) is 145 cm³/mol. The van der Waals surface area contributed by atoms with Gasteiger partial charge in [-0.1, -0.05) is 12.1 Å². The Kier molecular flexibility index (Phi) is 9.56. The molecule has 1 saturated heterocycles. The Bertz CT molecular complexity index is 1150. The first-order valence-corrected chi connectivity index (χ1v) is 13.1. The van der Waals surface area contributed by atoms with Gasteiger partial charge in [-0.3, -0.25) is 15.0 Å². The molecular formula is C28H37N5O5. The molecule has 2 aliphatic heterocycles. The molecule has 0 aliphatic carbocycles. The summed E-state index contributed by atoms with van der Waals surface area (Å²) in [6, 6.07) is 7.53. The molecule has 0 saturated carbocycles. The minimum absolute atomic E-state index is 0.141. The summed E-state index contributed by atoms with van der Waals surface area (Å²) < 4.78 is 16.9. The van der Waals surface area contributed by atoms with E-state index in [4.69, 9.17) is 14.2 Å². The van der Waals surface area contributed by atoms with Gasteiger partial charge < -0.3 is 24.0 Å². The predicted octanol–water partition coefficient (Wildman–Crippen LogP) is 3.23. The number of para-hydroxylation sites is 1. The third kappa shape index (κ3) is 7.02. The van der Waals surface area contributed by atoms with Gasteiger partial charge in [0.2, 0.25) is 5.91 Å². The van der Waals surface area contributed by atoms with Crippen LogP contribution in [-0.4, -0.2) is 91.3 Å². The first kappa shape index (κ1) is 27.4. The Morgan fingerprint density at radius 2 is 1.97 bits per heavy atom. The fraction of sp³-hybridized carbons (Fsp3) is 0.464. The molecule has 38 heavy (non-hydrogen) atoms. The van der Waals surface area contributed by atoms with Crippen LogP contribution < -0.4 is 14.8 Å². The quantitative estimate of drug-likeness (QED) is 0.452. The molecule has 0 spiro atoms. The van der Waals surface area contributed by atoms with Crippen molar-refractivity contribution in [3.63, 3.8) is 0 Å². The Morgan fingerprint density at radius 3 is 2.74 bits per heavy atom. The van der Waals surface area contributed by atoms with Crippen molar-refractivity contribution in [1.29, 1.82) is 0 Å². The van der Waals surface area contributed by atoms with Crippen LogP contribution in [-0.2, 0) is 22.6 Å². The van der Waals surface area contributed by atoms with Gasteiger partial charge in [0.05, 0.1) is 33.0 Å². The van der Waals surface area contributed by atoms with Gasteiger partial charge in [-0.05, 0) is 37.6 Å². The molecule has 2 aromatic rings. The Morgan fingerprint density at radius 1 is 1.18 bits per heavy atom. The summed E-state index contributed by atoms with van der Waals surface area (Å²) in [6.07, 6.45) is 4.94. The van der Waals surface area contributed by atoms with Gasteiger partial charge in [0.25, 0.3) is 0 Å². The molecule has 204 valence electrons. The zero-order valence-electron chi connectivity index (χ0n) is 22.4. The van der Waals surface area contributed by atoms with Crippen LogP contribution in [0.1, 0.15) is 30.5 Å². The number of carbonyl (C=O) groups is 2. The van der Waals surface area contributed by atoms with Crippen LogP contribution in [0.3, 0.4) is 0 Å². The minimum atomic E-state index is -0.146. The fourth-order valence-electron chi connectivity index (χ4n) is 4.47. The highest BCUT2D eigenvalue weighted by atomic mass is 16.5. The van der Waals surface area contributed by atoms with E-state index < -0.39 is 0 Å². The van der Waals surface area contributed by atoms with Gasteiger partial charge in [0, 0.05) is 63.2 Å². The van der Waals surface area contributed by atoms with Crippen LogP contribution in [0.2, 0.25) is 0 Å². The number of anilines is 1. The Balaban J connectivity index is 1.38. The minimum Gasteiger partial charge on any atom is -0.490 e. The normalized spacial score (nSPS) is 15.8. The largest absolute Gasteiger partial charge is 0.490 e. The molecule has 2 aliphatic rings. The molecule has 0 unspecified atom stereocenters. The number of benzene rings is 1. The van der Waals surface area contributed by atoms with E-state index in [0.29, 0.717) is 50.2 Å². The number of urea groups is 1. The SMILES string of the molecule is CCOc1cccc(CN(C)C(=O)/C=C/c2cnc3c(c2)CN(CCN2CCOCC2)C(=O)N3)c1OCC. The van der Waals surface area contributed by atoms with Crippen LogP contribution >= 0.6 is 0 Å². The number of amides is 3. The van der Waals surface area contributed by atoms with E-state index in [1.54, 1.807) is 29.1 Å². The second-order valence-electron chi connectivity index (χ2n) is 9.22. The van der Waals surface area contributed by atoms with Crippen molar-refractivity contribution in [1.82, 2.24) is 19.7 Å². The molecule has 0 bridgehead atoms. The zero-order valence-corrected chi connectivity index (χ0v) is 22.4. The summed E-state index contributed by atoms with van der Waals surface area (Å²) >= 11 is 0. The number of rotatable bonds is 11. The van der Waals surface area contributed by atoms with Crippen LogP contribution in [0.25, 0.3) is 6.08 Å². The molecule has 1 N–H and O–H groups in total. The first-order chi connectivity index (χ1) is 18.5. The molecule has 10 nitrogen and oxygen atoms in total. The number of carbonyl (C=O) groups excluding carboxylic acids is 2. The van der Waals surface area contributed by atoms with E-state index in [9.17, 15) is 9.59 Å². The number of nitrogens with one attached hydrogen (secondary N) is 1. The van der Waals surface area contributed by atoms with Crippen LogP contribution in [0, 0.1) is 0 Å². The van der Waals surface area contributed by atoms with Crippen molar-refractivity contribution in [2.24, 2.45) is 0 Å². The van der Waals surface area contributed by atoms with Crippen molar-refractivity contribution >= 4 is 23.8 Å². The van der Waals surface area contributed by atoms with E-state index in [2.05, 4.69) is 15.2 Å². The molecule has 1 fully saturated rings. The summed E-state index contributed by atoms with van der Waals surface area (Å²) in [4.78, 5) is 35.5. The van der Waals surface area contributed by atoms with E-state index >= 15 is 0 Å². The third-order valence-electron chi connectivity index (χ3n) is 6.50. The summed E-state index contributed by atoms with van der Waals surface area (Å²) in [5, 5.41) is 2.88. The maximum atomic E-state index is 12.9. The number of nitrogens with zero attached hydrogens (tertiary/aromatic N) is 4. The lowest BCUT2D eigenvalue weighted by molar-refractivity contribution is -0.125. The van der Waals surface area contributed by atoms with E-state index in [1.165, 1.54) is 6.08 Å². The van der Waals surface area contributed by atoms with Crippen LogP contribution in [0.15, 0.2) is 36.5 Å². The molecule has 3 heterocycles. The second-order valence-corrected chi connectivity index (χ2v) is 9.22. The maximum Gasteiger partial charge on any atom is 0.323 e. The van der Waals surface area contributed by atoms with Crippen LogP contribution in [0.5, 0.6) is 11.5 Å². The molecule has 3 amide bonds. The molecule has 1 aromatic heterocycles. The highest BCUT2D eigenvalue weighted by Gasteiger charge is 2.24. The second kappa shape index (κ2) is 13.3. The standard InChI is InChI=1S/C28H37N5O5/c1-4-37-24-8-6-7-22(26(24)38-5-2)19-31(3)25(34)10-9-21-17-23-20-33(28(35)30-27(23)29-18-21)12-11-32-13-15-36-16-14-32/h6-10,17-18H,4-5,11-16,19-20H2,1-3H3,(H,29,30,35)/b10-9+. The number of fused-ring (bicyclic) bond motifs is 1. The number of pyridine rings is 1.